The number of ether oxygens (including phenoxy) is 1. The predicted molar refractivity (Wildman–Crippen MR) is 62.9 cm³/mol. The lowest BCUT2D eigenvalue weighted by atomic mass is 10.1. The van der Waals surface area contributed by atoms with Crippen LogP contribution in [0.15, 0.2) is 35.3 Å². The minimum absolute atomic E-state index is 0.957. The highest BCUT2D eigenvalue weighted by Gasteiger charge is 1.98. The molecule has 80 valence electrons. The summed E-state index contributed by atoms with van der Waals surface area (Å²) in [4.78, 5) is 0. The zero-order valence-electron chi connectivity index (χ0n) is 10.1. The Hall–Kier alpha value is -0.980. The van der Waals surface area contributed by atoms with E-state index in [1.165, 1.54) is 5.57 Å². The smallest absolute Gasteiger partial charge is 0.104 e. The van der Waals surface area contributed by atoms with Gasteiger partial charge >= 0.3 is 0 Å². The first-order valence-corrected chi connectivity index (χ1v) is 5.32. The molecule has 0 radical (unpaired) electrons. The Morgan fingerprint density at radius 3 is 2.29 bits per heavy atom. The SMILES string of the molecule is C/C=C(\C)O/C(C)=C(/C=C\CC)CC. The summed E-state index contributed by atoms with van der Waals surface area (Å²) >= 11 is 0. The largest absolute Gasteiger partial charge is 0.467 e. The van der Waals surface area contributed by atoms with E-state index in [2.05, 4.69) is 26.0 Å². The lowest BCUT2D eigenvalue weighted by molar-refractivity contribution is 0.303. The molecule has 0 aromatic carbocycles. The highest BCUT2D eigenvalue weighted by molar-refractivity contribution is 5.21. The van der Waals surface area contributed by atoms with E-state index in [-0.39, 0.29) is 0 Å². The van der Waals surface area contributed by atoms with Gasteiger partial charge in [-0.1, -0.05) is 26.0 Å². The fourth-order valence-corrected chi connectivity index (χ4v) is 1.11. The average molecular weight is 194 g/mol. The number of allylic oxidation sites excluding steroid dienone is 6. The summed E-state index contributed by atoms with van der Waals surface area (Å²) in [6, 6.07) is 0. The number of rotatable bonds is 5. The van der Waals surface area contributed by atoms with E-state index in [1.807, 2.05) is 26.8 Å². The minimum atomic E-state index is 0.957. The van der Waals surface area contributed by atoms with Crippen molar-refractivity contribution >= 4 is 0 Å². The van der Waals surface area contributed by atoms with E-state index in [4.69, 9.17) is 4.74 Å². The van der Waals surface area contributed by atoms with E-state index in [9.17, 15) is 0 Å². The summed E-state index contributed by atoms with van der Waals surface area (Å²) in [7, 11) is 0. The molecule has 0 aromatic rings. The Labute approximate surface area is 88.2 Å². The maximum atomic E-state index is 5.64. The van der Waals surface area contributed by atoms with E-state index in [0.717, 1.165) is 24.4 Å². The zero-order chi connectivity index (χ0) is 11.0. The first-order valence-electron chi connectivity index (χ1n) is 5.32. The third kappa shape index (κ3) is 4.90. The van der Waals surface area contributed by atoms with Crippen LogP contribution in [0.4, 0.5) is 0 Å². The fraction of sp³-hybridized carbons (Fsp3) is 0.538. The van der Waals surface area contributed by atoms with Crippen molar-refractivity contribution in [1.82, 2.24) is 0 Å². The van der Waals surface area contributed by atoms with Crippen LogP contribution in [-0.4, -0.2) is 0 Å². The van der Waals surface area contributed by atoms with Gasteiger partial charge in [0.15, 0.2) is 0 Å². The second kappa shape index (κ2) is 7.43. The third-order valence-corrected chi connectivity index (χ3v) is 2.11. The van der Waals surface area contributed by atoms with Gasteiger partial charge in [-0.25, -0.2) is 0 Å². The summed E-state index contributed by atoms with van der Waals surface area (Å²) < 4.78 is 5.64. The van der Waals surface area contributed by atoms with Gasteiger partial charge in [-0.05, 0) is 45.3 Å². The molecule has 0 aliphatic heterocycles. The Kier molecular flexibility index (Phi) is 6.91. The molecule has 0 unspecified atom stereocenters. The molecule has 0 heterocycles. The topological polar surface area (TPSA) is 9.23 Å². The quantitative estimate of drug-likeness (QED) is 0.460. The molecule has 0 aliphatic rings. The first-order chi connectivity index (χ1) is 6.65. The van der Waals surface area contributed by atoms with Crippen LogP contribution in [-0.2, 0) is 4.74 Å². The molecule has 14 heavy (non-hydrogen) atoms. The maximum Gasteiger partial charge on any atom is 0.104 e. The van der Waals surface area contributed by atoms with Crippen LogP contribution in [0.1, 0.15) is 47.5 Å². The van der Waals surface area contributed by atoms with Crippen molar-refractivity contribution in [1.29, 1.82) is 0 Å². The van der Waals surface area contributed by atoms with Crippen molar-refractivity contribution in [3.05, 3.63) is 35.3 Å². The van der Waals surface area contributed by atoms with Crippen molar-refractivity contribution in [2.75, 3.05) is 0 Å². The normalized spacial score (nSPS) is 14.5. The van der Waals surface area contributed by atoms with E-state index < -0.39 is 0 Å². The summed E-state index contributed by atoms with van der Waals surface area (Å²) in [5, 5.41) is 0. The molecule has 0 fully saturated rings. The molecule has 0 aliphatic carbocycles. The maximum absolute atomic E-state index is 5.64. The van der Waals surface area contributed by atoms with E-state index in [0.29, 0.717) is 0 Å². The molecule has 1 nitrogen and oxygen atoms in total. The molecule has 0 N–H and O–H groups in total. The second-order valence-electron chi connectivity index (χ2n) is 3.25. The summed E-state index contributed by atoms with van der Waals surface area (Å²) in [5.41, 5.74) is 1.27. The Balaban J connectivity index is 4.57. The molecule has 0 saturated carbocycles. The number of hydrogen-bond acceptors (Lipinski definition) is 1. The number of hydrogen-bond donors (Lipinski definition) is 0. The van der Waals surface area contributed by atoms with Gasteiger partial charge in [0, 0.05) is 0 Å². The van der Waals surface area contributed by atoms with Crippen LogP contribution < -0.4 is 0 Å². The van der Waals surface area contributed by atoms with Gasteiger partial charge in [0.2, 0.25) is 0 Å². The van der Waals surface area contributed by atoms with Crippen molar-refractivity contribution in [3.63, 3.8) is 0 Å². The molecular weight excluding hydrogens is 172 g/mol. The molecule has 0 amide bonds. The molecule has 0 rings (SSSR count). The Morgan fingerprint density at radius 1 is 1.21 bits per heavy atom. The van der Waals surface area contributed by atoms with Gasteiger partial charge < -0.3 is 4.74 Å². The fourth-order valence-electron chi connectivity index (χ4n) is 1.11. The predicted octanol–water partition coefficient (Wildman–Crippen LogP) is 4.58. The van der Waals surface area contributed by atoms with Crippen molar-refractivity contribution in [2.24, 2.45) is 0 Å². The van der Waals surface area contributed by atoms with Gasteiger partial charge in [-0.3, -0.25) is 0 Å². The zero-order valence-corrected chi connectivity index (χ0v) is 10.1. The second-order valence-corrected chi connectivity index (χ2v) is 3.25. The van der Waals surface area contributed by atoms with Crippen molar-refractivity contribution in [2.45, 2.75) is 47.5 Å². The van der Waals surface area contributed by atoms with E-state index in [1.54, 1.807) is 0 Å². The standard InChI is InChI=1S/C13H22O/c1-6-9-10-13(8-3)12(5)14-11(4)7-2/h7,9-10H,6,8H2,1-5H3/b10-9-,11-7+,13-12+. The molecular formula is C13H22O. The average Bonchev–Trinajstić information content (AvgIpc) is 2.18. The molecule has 0 saturated heterocycles. The lowest BCUT2D eigenvalue weighted by Crippen LogP contribution is -1.90. The van der Waals surface area contributed by atoms with Crippen LogP contribution in [0.5, 0.6) is 0 Å². The van der Waals surface area contributed by atoms with Crippen LogP contribution in [0, 0.1) is 0 Å². The van der Waals surface area contributed by atoms with Crippen molar-refractivity contribution < 1.29 is 4.74 Å². The van der Waals surface area contributed by atoms with Crippen LogP contribution in [0.3, 0.4) is 0 Å². The molecule has 0 aromatic heterocycles. The molecule has 0 atom stereocenters. The first kappa shape index (κ1) is 13.0. The van der Waals surface area contributed by atoms with E-state index >= 15 is 0 Å². The monoisotopic (exact) mass is 194 g/mol. The van der Waals surface area contributed by atoms with Gasteiger partial charge in [-0.2, -0.15) is 0 Å². The van der Waals surface area contributed by atoms with Crippen LogP contribution in [0.2, 0.25) is 0 Å². The van der Waals surface area contributed by atoms with Gasteiger partial charge in [0.1, 0.15) is 5.76 Å². The molecule has 0 spiro atoms. The third-order valence-electron chi connectivity index (χ3n) is 2.11. The summed E-state index contributed by atoms with van der Waals surface area (Å²) in [6.45, 7) is 10.3. The van der Waals surface area contributed by atoms with Crippen LogP contribution >= 0.6 is 0 Å². The Bertz CT molecular complexity index is 244. The highest BCUT2D eigenvalue weighted by Crippen LogP contribution is 2.14. The van der Waals surface area contributed by atoms with Gasteiger partial charge in [0.05, 0.1) is 5.76 Å². The lowest BCUT2D eigenvalue weighted by Gasteiger charge is -2.09. The summed E-state index contributed by atoms with van der Waals surface area (Å²) in [5.74, 6) is 1.96. The van der Waals surface area contributed by atoms with Gasteiger partial charge in [-0.15, -0.1) is 0 Å². The Morgan fingerprint density at radius 2 is 1.86 bits per heavy atom. The highest BCUT2D eigenvalue weighted by atomic mass is 16.5. The summed E-state index contributed by atoms with van der Waals surface area (Å²) in [6.07, 6.45) is 8.37. The van der Waals surface area contributed by atoms with Crippen molar-refractivity contribution in [3.8, 4) is 0 Å². The molecule has 1 heteroatoms. The van der Waals surface area contributed by atoms with Crippen LogP contribution in [0.25, 0.3) is 0 Å². The van der Waals surface area contributed by atoms with Gasteiger partial charge in [0.25, 0.3) is 0 Å². The minimum Gasteiger partial charge on any atom is -0.467 e. The molecule has 0 bridgehead atoms.